The summed E-state index contributed by atoms with van der Waals surface area (Å²) in [6.45, 7) is 4.55. The molecule has 0 aliphatic heterocycles. The quantitative estimate of drug-likeness (QED) is 0.235. The summed E-state index contributed by atoms with van der Waals surface area (Å²) in [6.07, 6.45) is 2.71. The molecular formula is C28H24N2O4S. The van der Waals surface area contributed by atoms with Gasteiger partial charge in [-0.05, 0) is 23.3 Å². The van der Waals surface area contributed by atoms with Crippen molar-refractivity contribution >= 4 is 31.9 Å². The fraction of sp³-hybridized carbons (Fsp3) is 0.107. The molecule has 0 aliphatic rings. The molecule has 2 aromatic heterocycles. The lowest BCUT2D eigenvalue weighted by Crippen LogP contribution is -2.23. The maximum absolute atomic E-state index is 14.0. The van der Waals surface area contributed by atoms with Crippen LogP contribution >= 0.6 is 0 Å². The molecule has 0 fully saturated rings. The number of aromatic nitrogens is 2. The molecule has 3 aromatic carbocycles. The van der Waals surface area contributed by atoms with Gasteiger partial charge in [0.05, 0.1) is 17.5 Å². The van der Waals surface area contributed by atoms with Gasteiger partial charge in [-0.25, -0.2) is 0 Å². The van der Waals surface area contributed by atoms with Crippen LogP contribution in [0, 0.1) is 0 Å². The zero-order valence-electron chi connectivity index (χ0n) is 19.2. The first kappa shape index (κ1) is 22.7. The fourth-order valence-electron chi connectivity index (χ4n) is 4.54. The van der Waals surface area contributed by atoms with E-state index in [0.29, 0.717) is 24.1 Å². The summed E-state index contributed by atoms with van der Waals surface area (Å²) in [5.74, 6) is 0.188. The minimum atomic E-state index is -3.78. The molecule has 6 nitrogen and oxygen atoms in total. The van der Waals surface area contributed by atoms with E-state index in [1.165, 1.54) is 0 Å². The first-order valence-electron chi connectivity index (χ1n) is 11.2. The molecule has 0 saturated carbocycles. The summed E-state index contributed by atoms with van der Waals surface area (Å²) in [6, 6.07) is 26.7. The largest absolute Gasteiger partial charge is 0.380 e. The van der Waals surface area contributed by atoms with E-state index >= 15 is 0 Å². The zero-order chi connectivity index (χ0) is 24.6. The van der Waals surface area contributed by atoms with E-state index < -0.39 is 10.1 Å². The Morgan fingerprint density at radius 3 is 2.20 bits per heavy atom. The average Bonchev–Trinajstić information content (AvgIpc) is 3.15. The predicted molar refractivity (Wildman–Crippen MR) is 140 cm³/mol. The molecule has 7 heteroatoms. The normalized spacial score (nSPS) is 11.7. The molecule has 0 radical (unpaired) electrons. The lowest BCUT2D eigenvalue weighted by atomic mass is 10.1. The van der Waals surface area contributed by atoms with Crippen LogP contribution in [0.15, 0.2) is 102 Å². The molecule has 0 unspecified atom stereocenters. The second kappa shape index (κ2) is 8.92. The zero-order valence-corrected chi connectivity index (χ0v) is 20.0. The monoisotopic (exact) mass is 484 g/mol. The number of hydrogen-bond donors (Lipinski definition) is 0. The number of para-hydroxylation sites is 1. The van der Waals surface area contributed by atoms with Gasteiger partial charge in [-0.15, -0.1) is 6.58 Å². The number of fused-ring (bicyclic) bond motifs is 3. The second-order valence-corrected chi connectivity index (χ2v) is 9.95. The lowest BCUT2D eigenvalue weighted by Gasteiger charge is -2.14. The Morgan fingerprint density at radius 1 is 0.857 bits per heavy atom. The van der Waals surface area contributed by atoms with Gasteiger partial charge in [-0.3, -0.25) is 4.79 Å². The van der Waals surface area contributed by atoms with Crippen LogP contribution in [-0.2, 0) is 23.2 Å². The first-order chi connectivity index (χ1) is 16.9. The first-order valence-corrected chi connectivity index (χ1v) is 13.0. The highest BCUT2D eigenvalue weighted by atomic mass is 32.2. The van der Waals surface area contributed by atoms with Crippen molar-refractivity contribution in [1.82, 2.24) is 9.13 Å². The fourth-order valence-corrected chi connectivity index (χ4v) is 5.01. The van der Waals surface area contributed by atoms with Crippen molar-refractivity contribution in [3.8, 4) is 17.0 Å². The van der Waals surface area contributed by atoms with Crippen molar-refractivity contribution in [2.24, 2.45) is 0 Å². The lowest BCUT2D eigenvalue weighted by molar-refractivity contribution is 0.494. The summed E-state index contributed by atoms with van der Waals surface area (Å²) in [5.41, 5.74) is 3.50. The standard InChI is InChI=1S/C28H24N2O4S/c1-3-17-29-24(21-13-8-5-9-14-21)18-23-22-15-10-16-25(34-35(2,32)33)26(22)30(27(23)28(29)31)19-20-11-6-4-7-12-20/h3-16,18H,1,17,19H2,2H3. The Balaban J connectivity index is 1.93. The van der Waals surface area contributed by atoms with Crippen LogP contribution in [0.25, 0.3) is 33.1 Å². The number of hydrogen-bond acceptors (Lipinski definition) is 4. The van der Waals surface area contributed by atoms with E-state index in [0.717, 1.165) is 33.8 Å². The Morgan fingerprint density at radius 2 is 1.54 bits per heavy atom. The SMILES string of the molecule is C=CCn1c(-c2ccccc2)cc2c3cccc(OS(C)(=O)=O)c3n(Cc3ccccc3)c2c1=O. The third-order valence-electron chi connectivity index (χ3n) is 5.91. The average molecular weight is 485 g/mol. The van der Waals surface area contributed by atoms with Crippen LogP contribution in [0.1, 0.15) is 5.56 Å². The molecule has 0 spiro atoms. The highest BCUT2D eigenvalue weighted by molar-refractivity contribution is 7.86. The van der Waals surface area contributed by atoms with Gasteiger partial charge in [-0.2, -0.15) is 8.42 Å². The second-order valence-electron chi connectivity index (χ2n) is 8.37. The van der Waals surface area contributed by atoms with Gasteiger partial charge >= 0.3 is 10.1 Å². The maximum Gasteiger partial charge on any atom is 0.306 e. The molecule has 0 saturated heterocycles. The highest BCUT2D eigenvalue weighted by Crippen LogP contribution is 2.36. The molecule has 0 atom stereocenters. The van der Waals surface area contributed by atoms with E-state index in [4.69, 9.17) is 4.18 Å². The third kappa shape index (κ3) is 4.26. The van der Waals surface area contributed by atoms with Crippen LogP contribution in [0.4, 0.5) is 0 Å². The number of allylic oxidation sites excluding steroid dienone is 1. The summed E-state index contributed by atoms with van der Waals surface area (Å²) in [4.78, 5) is 14.0. The van der Waals surface area contributed by atoms with Crippen molar-refractivity contribution in [2.45, 2.75) is 13.1 Å². The van der Waals surface area contributed by atoms with E-state index in [2.05, 4.69) is 6.58 Å². The van der Waals surface area contributed by atoms with Gasteiger partial charge < -0.3 is 13.3 Å². The minimum absolute atomic E-state index is 0.182. The van der Waals surface area contributed by atoms with Crippen LogP contribution in [0.2, 0.25) is 0 Å². The van der Waals surface area contributed by atoms with Gasteiger partial charge in [0.2, 0.25) is 0 Å². The Kier molecular flexibility index (Phi) is 5.78. The summed E-state index contributed by atoms with van der Waals surface area (Å²) in [7, 11) is -3.78. The Labute approximate surface area is 203 Å². The smallest absolute Gasteiger partial charge is 0.306 e. The minimum Gasteiger partial charge on any atom is -0.380 e. The van der Waals surface area contributed by atoms with Crippen molar-refractivity contribution in [2.75, 3.05) is 6.26 Å². The molecule has 0 amide bonds. The van der Waals surface area contributed by atoms with Crippen molar-refractivity contribution in [3.05, 3.63) is 114 Å². The molecular weight excluding hydrogens is 460 g/mol. The van der Waals surface area contributed by atoms with Crippen molar-refractivity contribution < 1.29 is 12.6 Å². The molecule has 0 bridgehead atoms. The van der Waals surface area contributed by atoms with Crippen LogP contribution in [0.3, 0.4) is 0 Å². The van der Waals surface area contributed by atoms with Crippen LogP contribution in [0.5, 0.6) is 5.75 Å². The van der Waals surface area contributed by atoms with Crippen molar-refractivity contribution in [1.29, 1.82) is 0 Å². The third-order valence-corrected chi connectivity index (χ3v) is 6.39. The molecule has 35 heavy (non-hydrogen) atoms. The highest BCUT2D eigenvalue weighted by Gasteiger charge is 2.22. The summed E-state index contributed by atoms with van der Waals surface area (Å²) >= 11 is 0. The molecule has 5 rings (SSSR count). The molecule has 0 N–H and O–H groups in total. The van der Waals surface area contributed by atoms with E-state index in [-0.39, 0.29) is 11.3 Å². The predicted octanol–water partition coefficient (Wildman–Crippen LogP) is 5.20. The topological polar surface area (TPSA) is 70.3 Å². The molecule has 2 heterocycles. The molecule has 5 aromatic rings. The van der Waals surface area contributed by atoms with Gasteiger partial charge in [0.1, 0.15) is 5.52 Å². The van der Waals surface area contributed by atoms with Gasteiger partial charge in [0, 0.05) is 23.9 Å². The summed E-state index contributed by atoms with van der Waals surface area (Å²) in [5, 5.41) is 1.48. The number of benzene rings is 3. The maximum atomic E-state index is 14.0. The molecule has 0 aliphatic carbocycles. The number of pyridine rings is 1. The molecule has 176 valence electrons. The number of nitrogens with zero attached hydrogens (tertiary/aromatic N) is 2. The van der Waals surface area contributed by atoms with E-state index in [1.54, 1.807) is 22.8 Å². The number of rotatable bonds is 7. The van der Waals surface area contributed by atoms with Crippen LogP contribution < -0.4 is 9.74 Å². The van der Waals surface area contributed by atoms with Gasteiger partial charge in [-0.1, -0.05) is 78.9 Å². The van der Waals surface area contributed by atoms with Gasteiger partial charge in [0.15, 0.2) is 5.75 Å². The Hall–Kier alpha value is -4.10. The van der Waals surface area contributed by atoms with Crippen molar-refractivity contribution in [3.63, 3.8) is 0 Å². The van der Waals surface area contributed by atoms with E-state index in [9.17, 15) is 13.2 Å². The van der Waals surface area contributed by atoms with Crippen LogP contribution in [-0.4, -0.2) is 23.8 Å². The summed E-state index contributed by atoms with van der Waals surface area (Å²) < 4.78 is 33.1. The Bertz CT molecular complexity index is 1720. The van der Waals surface area contributed by atoms with E-state index in [1.807, 2.05) is 77.4 Å². The van der Waals surface area contributed by atoms with Gasteiger partial charge in [0.25, 0.3) is 5.56 Å².